The van der Waals surface area contributed by atoms with Gasteiger partial charge in [0.1, 0.15) is 0 Å². The predicted molar refractivity (Wildman–Crippen MR) is 96.6 cm³/mol. The smallest absolute Gasteiger partial charge is 0.230 e. The average molecular weight is 378 g/mol. The number of hydrogen-bond donors (Lipinski definition) is 2. The lowest BCUT2D eigenvalue weighted by Crippen LogP contribution is -2.28. The molecule has 0 fully saturated rings. The summed E-state index contributed by atoms with van der Waals surface area (Å²) in [6.07, 6.45) is 1.53. The van der Waals surface area contributed by atoms with Gasteiger partial charge in [-0.1, -0.05) is 35.5 Å². The van der Waals surface area contributed by atoms with Gasteiger partial charge in [0.25, 0.3) is 0 Å². The van der Waals surface area contributed by atoms with E-state index in [-0.39, 0.29) is 17.7 Å². The van der Waals surface area contributed by atoms with Crippen LogP contribution in [0.3, 0.4) is 0 Å². The minimum absolute atomic E-state index is 0.125. The maximum absolute atomic E-state index is 12.1. The average Bonchev–Trinajstić information content (AvgIpc) is 3.23. The van der Waals surface area contributed by atoms with E-state index in [0.717, 1.165) is 5.56 Å². The fourth-order valence-corrected chi connectivity index (χ4v) is 2.99. The van der Waals surface area contributed by atoms with E-state index in [1.807, 2.05) is 19.1 Å². The molecule has 9 heteroatoms. The molecule has 3 aromatic rings. The molecule has 0 spiro atoms. The molecule has 0 radical (unpaired) electrons. The molecule has 0 saturated heterocycles. The quantitative estimate of drug-likeness (QED) is 0.506. The van der Waals surface area contributed by atoms with Crippen molar-refractivity contribution in [2.75, 3.05) is 11.6 Å². The first-order chi connectivity index (χ1) is 12.0. The Morgan fingerprint density at radius 2 is 2.12 bits per heavy atom. The van der Waals surface area contributed by atoms with Crippen molar-refractivity contribution < 1.29 is 9.21 Å². The highest BCUT2D eigenvalue weighted by molar-refractivity contribution is 7.99. The normalized spacial score (nSPS) is 12.1. The Labute approximate surface area is 153 Å². The summed E-state index contributed by atoms with van der Waals surface area (Å²) in [4.78, 5) is 12.1. The van der Waals surface area contributed by atoms with E-state index in [1.54, 1.807) is 24.3 Å². The van der Waals surface area contributed by atoms with E-state index in [2.05, 4.69) is 15.5 Å². The summed E-state index contributed by atoms with van der Waals surface area (Å²) in [5, 5.41) is 12.0. The fourth-order valence-electron chi connectivity index (χ4n) is 2.20. The van der Waals surface area contributed by atoms with E-state index in [9.17, 15) is 4.79 Å². The number of furan rings is 1. The second-order valence-corrected chi connectivity index (χ2v) is 6.66. The summed E-state index contributed by atoms with van der Waals surface area (Å²) in [5.74, 6) is 6.92. The van der Waals surface area contributed by atoms with E-state index in [4.69, 9.17) is 21.9 Å². The van der Waals surface area contributed by atoms with Crippen molar-refractivity contribution in [2.45, 2.75) is 18.1 Å². The number of nitrogens with one attached hydrogen (secondary N) is 1. The van der Waals surface area contributed by atoms with Gasteiger partial charge in [0.05, 0.1) is 18.1 Å². The Morgan fingerprint density at radius 1 is 1.36 bits per heavy atom. The molecular weight excluding hydrogens is 362 g/mol. The first-order valence-electron chi connectivity index (χ1n) is 7.46. The molecule has 2 aromatic heterocycles. The van der Waals surface area contributed by atoms with Crippen LogP contribution in [0.4, 0.5) is 0 Å². The lowest BCUT2D eigenvalue weighted by molar-refractivity contribution is -0.119. The van der Waals surface area contributed by atoms with Crippen molar-refractivity contribution in [1.82, 2.24) is 20.2 Å². The van der Waals surface area contributed by atoms with Gasteiger partial charge < -0.3 is 15.6 Å². The molecule has 1 atom stereocenters. The number of nitrogen functional groups attached to an aromatic ring is 1. The van der Waals surface area contributed by atoms with E-state index < -0.39 is 0 Å². The predicted octanol–water partition coefficient (Wildman–Crippen LogP) is 2.87. The molecule has 130 valence electrons. The molecule has 0 aliphatic carbocycles. The van der Waals surface area contributed by atoms with Gasteiger partial charge in [0, 0.05) is 5.02 Å². The van der Waals surface area contributed by atoms with Gasteiger partial charge >= 0.3 is 0 Å². The van der Waals surface area contributed by atoms with Gasteiger partial charge in [-0.15, -0.1) is 10.2 Å². The number of rotatable bonds is 6. The summed E-state index contributed by atoms with van der Waals surface area (Å²) in [5.41, 5.74) is 0.977. The Balaban J connectivity index is 1.56. The van der Waals surface area contributed by atoms with Crippen LogP contribution in [-0.2, 0) is 4.79 Å². The molecule has 2 heterocycles. The molecule has 0 bridgehead atoms. The van der Waals surface area contributed by atoms with Gasteiger partial charge in [-0.2, -0.15) is 0 Å². The third-order valence-corrected chi connectivity index (χ3v) is 4.68. The molecule has 0 saturated carbocycles. The summed E-state index contributed by atoms with van der Waals surface area (Å²) < 4.78 is 6.55. The summed E-state index contributed by atoms with van der Waals surface area (Å²) >= 11 is 7.07. The van der Waals surface area contributed by atoms with Crippen molar-refractivity contribution >= 4 is 29.3 Å². The number of nitrogens with two attached hydrogens (primary N) is 1. The van der Waals surface area contributed by atoms with Gasteiger partial charge in [-0.3, -0.25) is 4.79 Å². The molecule has 3 N–H and O–H groups in total. The lowest BCUT2D eigenvalue weighted by atomic mass is 10.1. The van der Waals surface area contributed by atoms with Crippen LogP contribution in [0.25, 0.3) is 11.6 Å². The van der Waals surface area contributed by atoms with E-state index in [0.29, 0.717) is 21.8 Å². The molecule has 7 nitrogen and oxygen atoms in total. The standard InChI is InChI=1S/C16H16ClN5O2S/c1-10(11-4-6-12(17)7-5-11)19-14(23)9-25-16-21-20-15(22(16)18)13-3-2-8-24-13/h2-8,10H,9,18H2,1H3,(H,19,23)/t10-/m0/s1. The number of carbonyl (C=O) groups is 1. The van der Waals surface area contributed by atoms with Gasteiger partial charge in [-0.25, -0.2) is 4.68 Å². The molecule has 0 aliphatic rings. The zero-order chi connectivity index (χ0) is 17.8. The van der Waals surface area contributed by atoms with Crippen LogP contribution >= 0.6 is 23.4 Å². The zero-order valence-corrected chi connectivity index (χ0v) is 14.9. The molecule has 0 aliphatic heterocycles. The fraction of sp³-hybridized carbons (Fsp3) is 0.188. The van der Waals surface area contributed by atoms with E-state index >= 15 is 0 Å². The summed E-state index contributed by atoms with van der Waals surface area (Å²) in [6.45, 7) is 1.91. The second-order valence-electron chi connectivity index (χ2n) is 5.28. The first kappa shape index (κ1) is 17.4. The zero-order valence-electron chi connectivity index (χ0n) is 13.3. The van der Waals surface area contributed by atoms with Crippen LogP contribution in [0, 0.1) is 0 Å². The topological polar surface area (TPSA) is 99.0 Å². The van der Waals surface area contributed by atoms with Crippen molar-refractivity contribution in [3.05, 3.63) is 53.2 Å². The number of thioether (sulfide) groups is 1. The number of nitrogens with zero attached hydrogens (tertiary/aromatic N) is 3. The lowest BCUT2D eigenvalue weighted by Gasteiger charge is -2.14. The van der Waals surface area contributed by atoms with Crippen LogP contribution < -0.4 is 11.2 Å². The number of amides is 1. The largest absolute Gasteiger partial charge is 0.461 e. The van der Waals surface area contributed by atoms with Crippen LogP contribution in [-0.4, -0.2) is 26.5 Å². The first-order valence-corrected chi connectivity index (χ1v) is 8.83. The number of carbonyl (C=O) groups excluding carboxylic acids is 1. The Morgan fingerprint density at radius 3 is 2.80 bits per heavy atom. The Kier molecular flexibility index (Phi) is 5.30. The summed E-state index contributed by atoms with van der Waals surface area (Å²) in [7, 11) is 0. The van der Waals surface area contributed by atoms with Crippen molar-refractivity contribution in [1.29, 1.82) is 0 Å². The van der Waals surface area contributed by atoms with Gasteiger partial charge in [0.2, 0.25) is 16.9 Å². The molecule has 1 amide bonds. The van der Waals surface area contributed by atoms with Gasteiger partial charge in [0.15, 0.2) is 5.76 Å². The molecule has 3 rings (SSSR count). The SMILES string of the molecule is C[C@H](NC(=O)CSc1nnc(-c2ccco2)n1N)c1ccc(Cl)cc1. The van der Waals surface area contributed by atoms with Crippen molar-refractivity contribution in [3.8, 4) is 11.6 Å². The second kappa shape index (κ2) is 7.62. The minimum Gasteiger partial charge on any atom is -0.461 e. The highest BCUT2D eigenvalue weighted by Gasteiger charge is 2.16. The number of benzene rings is 1. The number of hydrogen-bond acceptors (Lipinski definition) is 6. The Bertz CT molecular complexity index is 848. The van der Waals surface area contributed by atoms with Crippen LogP contribution in [0.15, 0.2) is 52.2 Å². The molecular formula is C16H16ClN5O2S. The van der Waals surface area contributed by atoms with Crippen LogP contribution in [0.1, 0.15) is 18.5 Å². The number of aromatic nitrogens is 3. The maximum atomic E-state index is 12.1. The van der Waals surface area contributed by atoms with E-state index in [1.165, 1.54) is 22.7 Å². The van der Waals surface area contributed by atoms with Crippen LogP contribution in [0.2, 0.25) is 5.02 Å². The highest BCUT2D eigenvalue weighted by Crippen LogP contribution is 2.22. The maximum Gasteiger partial charge on any atom is 0.230 e. The minimum atomic E-state index is -0.130. The molecule has 25 heavy (non-hydrogen) atoms. The third kappa shape index (κ3) is 4.15. The number of halogens is 1. The highest BCUT2D eigenvalue weighted by atomic mass is 35.5. The molecule has 0 unspecified atom stereocenters. The third-order valence-electron chi connectivity index (χ3n) is 3.49. The summed E-state index contributed by atoms with van der Waals surface area (Å²) in [6, 6.07) is 10.7. The van der Waals surface area contributed by atoms with Gasteiger partial charge in [-0.05, 0) is 36.8 Å². The van der Waals surface area contributed by atoms with Crippen molar-refractivity contribution in [2.24, 2.45) is 0 Å². The van der Waals surface area contributed by atoms with Crippen LogP contribution in [0.5, 0.6) is 0 Å². The van der Waals surface area contributed by atoms with Crippen molar-refractivity contribution in [3.63, 3.8) is 0 Å². The molecule has 1 aromatic carbocycles. The monoisotopic (exact) mass is 377 g/mol. The Hall–Kier alpha value is -2.45.